The van der Waals surface area contributed by atoms with Crippen molar-refractivity contribution in [3.63, 3.8) is 0 Å². The number of para-hydroxylation sites is 1. The number of nitrogens with zero attached hydrogens (tertiary/aromatic N) is 1. The van der Waals surface area contributed by atoms with Crippen molar-refractivity contribution in [2.45, 2.75) is 25.4 Å². The van der Waals surface area contributed by atoms with Crippen molar-refractivity contribution in [2.24, 2.45) is 5.73 Å². The summed E-state index contributed by atoms with van der Waals surface area (Å²) in [5.74, 6) is -0.0132. The van der Waals surface area contributed by atoms with Crippen LogP contribution in [-0.4, -0.2) is 11.9 Å². The molecule has 0 radical (unpaired) electrons. The van der Waals surface area contributed by atoms with E-state index < -0.39 is 6.04 Å². The Morgan fingerprint density at radius 1 is 1.05 bits per heavy atom. The van der Waals surface area contributed by atoms with Crippen molar-refractivity contribution in [3.8, 4) is 0 Å². The normalized spacial score (nSPS) is 21.7. The molecule has 3 heteroatoms. The molecule has 0 saturated carbocycles. The predicted molar refractivity (Wildman–Crippen MR) is 80.5 cm³/mol. The second-order valence-corrected chi connectivity index (χ2v) is 5.11. The number of hydrogen-bond acceptors (Lipinski definition) is 2. The Balaban J connectivity index is 1.92. The van der Waals surface area contributed by atoms with Crippen LogP contribution >= 0.6 is 0 Å². The van der Waals surface area contributed by atoms with Gasteiger partial charge in [-0.1, -0.05) is 49.4 Å². The van der Waals surface area contributed by atoms with Crippen LogP contribution in [0.1, 0.15) is 24.1 Å². The summed E-state index contributed by atoms with van der Waals surface area (Å²) in [6.45, 7) is 2.13. The molecule has 3 nitrogen and oxygen atoms in total. The molecule has 1 fully saturated rings. The van der Waals surface area contributed by atoms with Crippen LogP contribution in [0, 0.1) is 0 Å². The molecular weight excluding hydrogens is 248 g/mol. The molecule has 0 aromatic heterocycles. The van der Waals surface area contributed by atoms with Crippen LogP contribution in [0.25, 0.3) is 0 Å². The third-order valence-electron chi connectivity index (χ3n) is 3.90. The second-order valence-electron chi connectivity index (χ2n) is 5.11. The summed E-state index contributed by atoms with van der Waals surface area (Å²) in [5, 5.41) is 0. The van der Waals surface area contributed by atoms with Gasteiger partial charge in [0.2, 0.25) is 5.91 Å². The highest BCUT2D eigenvalue weighted by Crippen LogP contribution is 2.37. The number of anilines is 1. The fourth-order valence-electron chi connectivity index (χ4n) is 2.69. The molecule has 0 bridgehead atoms. The van der Waals surface area contributed by atoms with E-state index in [2.05, 4.69) is 31.2 Å². The highest BCUT2D eigenvalue weighted by Gasteiger charge is 2.46. The van der Waals surface area contributed by atoms with E-state index in [-0.39, 0.29) is 11.9 Å². The molecule has 1 aliphatic rings. The largest absolute Gasteiger partial charge is 0.318 e. The SMILES string of the molecule is CCc1ccc(C2C(N)C(=O)N2c2ccccc2)cc1. The Morgan fingerprint density at radius 2 is 1.70 bits per heavy atom. The van der Waals surface area contributed by atoms with Gasteiger partial charge in [0.1, 0.15) is 6.04 Å². The minimum Gasteiger partial charge on any atom is -0.318 e. The average molecular weight is 266 g/mol. The molecule has 2 unspecified atom stereocenters. The molecule has 1 aliphatic heterocycles. The number of carbonyl (C=O) groups excluding carboxylic acids is 1. The maximum atomic E-state index is 12.1. The third-order valence-corrected chi connectivity index (χ3v) is 3.90. The molecule has 1 saturated heterocycles. The van der Waals surface area contributed by atoms with Crippen molar-refractivity contribution in [2.75, 3.05) is 4.90 Å². The zero-order valence-corrected chi connectivity index (χ0v) is 11.5. The molecule has 0 aliphatic carbocycles. The van der Waals surface area contributed by atoms with Gasteiger partial charge in [-0.25, -0.2) is 0 Å². The highest BCUT2D eigenvalue weighted by molar-refractivity contribution is 6.05. The van der Waals surface area contributed by atoms with Crippen molar-refractivity contribution < 1.29 is 4.79 Å². The molecule has 3 rings (SSSR count). The monoisotopic (exact) mass is 266 g/mol. The fraction of sp³-hybridized carbons (Fsp3) is 0.235. The Hall–Kier alpha value is -2.13. The Kier molecular flexibility index (Phi) is 3.28. The third kappa shape index (κ3) is 2.00. The lowest BCUT2D eigenvalue weighted by Gasteiger charge is -2.45. The maximum absolute atomic E-state index is 12.1. The summed E-state index contributed by atoms with van der Waals surface area (Å²) in [6.07, 6.45) is 1.01. The zero-order chi connectivity index (χ0) is 14.1. The average Bonchev–Trinajstić information content (AvgIpc) is 2.52. The van der Waals surface area contributed by atoms with Crippen LogP contribution in [-0.2, 0) is 11.2 Å². The van der Waals surface area contributed by atoms with Gasteiger partial charge in [-0.3, -0.25) is 4.79 Å². The van der Waals surface area contributed by atoms with E-state index in [0.717, 1.165) is 17.7 Å². The van der Waals surface area contributed by atoms with E-state index in [9.17, 15) is 4.79 Å². The fourth-order valence-corrected chi connectivity index (χ4v) is 2.69. The first-order valence-corrected chi connectivity index (χ1v) is 6.95. The predicted octanol–water partition coefficient (Wildman–Crippen LogP) is 2.66. The van der Waals surface area contributed by atoms with Gasteiger partial charge in [-0.2, -0.15) is 0 Å². The summed E-state index contributed by atoms with van der Waals surface area (Å²) < 4.78 is 0. The lowest BCUT2D eigenvalue weighted by atomic mass is 9.88. The van der Waals surface area contributed by atoms with Crippen LogP contribution < -0.4 is 10.6 Å². The van der Waals surface area contributed by atoms with Crippen molar-refractivity contribution in [1.82, 2.24) is 0 Å². The van der Waals surface area contributed by atoms with Crippen molar-refractivity contribution in [1.29, 1.82) is 0 Å². The minimum absolute atomic E-state index is 0.0132. The van der Waals surface area contributed by atoms with E-state index in [1.807, 2.05) is 30.3 Å². The van der Waals surface area contributed by atoms with Gasteiger partial charge in [0.25, 0.3) is 0 Å². The molecule has 2 atom stereocenters. The second kappa shape index (κ2) is 5.10. The van der Waals surface area contributed by atoms with Crippen LogP contribution in [0.5, 0.6) is 0 Å². The van der Waals surface area contributed by atoms with Gasteiger partial charge in [0.05, 0.1) is 6.04 Å². The van der Waals surface area contributed by atoms with Crippen LogP contribution in [0.4, 0.5) is 5.69 Å². The number of amides is 1. The first-order valence-electron chi connectivity index (χ1n) is 6.95. The molecule has 20 heavy (non-hydrogen) atoms. The molecule has 102 valence electrons. The maximum Gasteiger partial charge on any atom is 0.247 e. The van der Waals surface area contributed by atoms with Crippen LogP contribution in [0.2, 0.25) is 0 Å². The smallest absolute Gasteiger partial charge is 0.247 e. The van der Waals surface area contributed by atoms with E-state index >= 15 is 0 Å². The van der Waals surface area contributed by atoms with Gasteiger partial charge in [0.15, 0.2) is 0 Å². The van der Waals surface area contributed by atoms with E-state index in [0.29, 0.717) is 0 Å². The summed E-state index contributed by atoms with van der Waals surface area (Å²) in [4.78, 5) is 13.9. The molecule has 2 aromatic rings. The molecule has 1 amide bonds. The number of hydrogen-bond donors (Lipinski definition) is 1. The number of nitrogens with two attached hydrogens (primary N) is 1. The van der Waals surface area contributed by atoms with E-state index in [1.165, 1.54) is 5.56 Å². The standard InChI is InChI=1S/C17H18N2O/c1-2-12-8-10-13(11-9-12)16-15(18)17(20)19(16)14-6-4-3-5-7-14/h3-11,15-16H,2,18H2,1H3. The van der Waals surface area contributed by atoms with Crippen molar-refractivity contribution in [3.05, 3.63) is 65.7 Å². The lowest BCUT2D eigenvalue weighted by molar-refractivity contribution is -0.126. The summed E-state index contributed by atoms with van der Waals surface area (Å²) >= 11 is 0. The quantitative estimate of drug-likeness (QED) is 0.868. The van der Waals surface area contributed by atoms with E-state index in [4.69, 9.17) is 5.73 Å². The number of rotatable bonds is 3. The molecule has 0 spiro atoms. The lowest BCUT2D eigenvalue weighted by Crippen LogP contribution is -2.63. The topological polar surface area (TPSA) is 46.3 Å². The van der Waals surface area contributed by atoms with Gasteiger partial charge < -0.3 is 10.6 Å². The molecule has 2 N–H and O–H groups in total. The summed E-state index contributed by atoms with van der Waals surface area (Å²) in [6, 6.07) is 17.6. The molecular formula is C17H18N2O. The number of aryl methyl sites for hydroxylation is 1. The minimum atomic E-state index is -0.442. The van der Waals surface area contributed by atoms with Gasteiger partial charge >= 0.3 is 0 Å². The Labute approximate surface area is 119 Å². The van der Waals surface area contributed by atoms with Gasteiger partial charge in [-0.15, -0.1) is 0 Å². The summed E-state index contributed by atoms with van der Waals surface area (Å²) in [7, 11) is 0. The molecule has 2 aromatic carbocycles. The van der Waals surface area contributed by atoms with Crippen LogP contribution in [0.15, 0.2) is 54.6 Å². The number of benzene rings is 2. The van der Waals surface area contributed by atoms with E-state index in [1.54, 1.807) is 4.90 Å². The number of β-lactam (4-membered cyclic amide) rings is 1. The summed E-state index contributed by atoms with van der Waals surface area (Å²) in [5.41, 5.74) is 9.30. The van der Waals surface area contributed by atoms with Crippen LogP contribution in [0.3, 0.4) is 0 Å². The first-order chi connectivity index (χ1) is 9.72. The number of carbonyl (C=O) groups is 1. The highest BCUT2D eigenvalue weighted by atomic mass is 16.2. The zero-order valence-electron chi connectivity index (χ0n) is 11.5. The van der Waals surface area contributed by atoms with Gasteiger partial charge in [0, 0.05) is 5.69 Å². The Bertz CT molecular complexity index is 607. The van der Waals surface area contributed by atoms with Gasteiger partial charge in [-0.05, 0) is 29.7 Å². The first kappa shape index (κ1) is 12.9. The Morgan fingerprint density at radius 3 is 2.30 bits per heavy atom. The van der Waals surface area contributed by atoms with Crippen molar-refractivity contribution >= 4 is 11.6 Å². The molecule has 1 heterocycles.